The Morgan fingerprint density at radius 1 is 1.38 bits per heavy atom. The van der Waals surface area contributed by atoms with Gasteiger partial charge in [-0.15, -0.1) is 0 Å². The fraction of sp³-hybridized carbons (Fsp3) is 0.615. The second-order valence-corrected chi connectivity index (χ2v) is 4.47. The van der Waals surface area contributed by atoms with Gasteiger partial charge < -0.3 is 0 Å². The molecule has 1 heterocycles. The van der Waals surface area contributed by atoms with E-state index in [1.165, 1.54) is 6.42 Å². The number of hydrogen-bond donors (Lipinski definition) is 1. The lowest BCUT2D eigenvalue weighted by atomic mass is 10.1. The van der Waals surface area contributed by atoms with Gasteiger partial charge in [-0.1, -0.05) is 26.3 Å². The Balaban J connectivity index is 2.49. The highest BCUT2D eigenvalue weighted by Gasteiger charge is 2.10. The van der Waals surface area contributed by atoms with Gasteiger partial charge in [0.05, 0.1) is 5.69 Å². The van der Waals surface area contributed by atoms with Crippen molar-refractivity contribution >= 4 is 12.6 Å². The highest BCUT2D eigenvalue weighted by molar-refractivity contribution is 7.80. The number of nitrogens with zero attached hydrogens (tertiary/aromatic N) is 2. The van der Waals surface area contributed by atoms with Crippen LogP contribution in [0.5, 0.6) is 0 Å². The van der Waals surface area contributed by atoms with E-state index >= 15 is 0 Å². The van der Waals surface area contributed by atoms with Crippen molar-refractivity contribution in [3.05, 3.63) is 30.1 Å². The topological polar surface area (TPSA) is 16.1 Å². The summed E-state index contributed by atoms with van der Waals surface area (Å²) in [6, 6.07) is 6.10. The summed E-state index contributed by atoms with van der Waals surface area (Å²) in [4.78, 5) is 6.80. The summed E-state index contributed by atoms with van der Waals surface area (Å²) in [5.41, 5.74) is 1.15. The number of hydrogen-bond acceptors (Lipinski definition) is 3. The first-order valence-electron chi connectivity index (χ1n) is 6.03. The normalized spacial score (nSPS) is 13.0. The lowest BCUT2D eigenvalue weighted by Gasteiger charge is -2.24. The second kappa shape index (κ2) is 7.69. The number of pyridine rings is 1. The Morgan fingerprint density at radius 3 is 2.69 bits per heavy atom. The first kappa shape index (κ1) is 13.5. The molecule has 1 aromatic rings. The zero-order valence-electron chi connectivity index (χ0n) is 10.3. The van der Waals surface area contributed by atoms with Gasteiger partial charge in [0.15, 0.2) is 0 Å². The van der Waals surface area contributed by atoms with Crippen LogP contribution in [0.3, 0.4) is 0 Å². The van der Waals surface area contributed by atoms with Crippen molar-refractivity contribution in [2.45, 2.75) is 26.8 Å². The number of aromatic nitrogens is 1. The summed E-state index contributed by atoms with van der Waals surface area (Å²) >= 11 is 4.39. The largest absolute Gasteiger partial charge is 0.297 e. The molecule has 1 atom stereocenters. The summed E-state index contributed by atoms with van der Waals surface area (Å²) in [6.07, 6.45) is 3.06. The Hall–Kier alpha value is -0.540. The van der Waals surface area contributed by atoms with Crippen LogP contribution in [0.1, 0.15) is 26.0 Å². The van der Waals surface area contributed by atoms with Gasteiger partial charge >= 0.3 is 0 Å². The molecule has 1 rings (SSSR count). The van der Waals surface area contributed by atoms with Crippen LogP contribution in [-0.2, 0) is 6.54 Å². The predicted molar refractivity (Wildman–Crippen MR) is 72.8 cm³/mol. The van der Waals surface area contributed by atoms with Gasteiger partial charge in [0.1, 0.15) is 0 Å². The maximum atomic E-state index is 4.39. The van der Waals surface area contributed by atoms with E-state index in [0.717, 1.165) is 31.1 Å². The lowest BCUT2D eigenvalue weighted by Crippen LogP contribution is -2.29. The third-order valence-electron chi connectivity index (χ3n) is 2.91. The molecule has 0 spiro atoms. The minimum Gasteiger partial charge on any atom is -0.297 e. The van der Waals surface area contributed by atoms with E-state index in [-0.39, 0.29) is 0 Å². The van der Waals surface area contributed by atoms with Crippen LogP contribution in [0.15, 0.2) is 24.4 Å². The highest BCUT2D eigenvalue weighted by atomic mass is 32.1. The van der Waals surface area contributed by atoms with Gasteiger partial charge in [-0.2, -0.15) is 12.6 Å². The Kier molecular flexibility index (Phi) is 6.50. The van der Waals surface area contributed by atoms with Crippen LogP contribution in [0.25, 0.3) is 0 Å². The van der Waals surface area contributed by atoms with E-state index in [0.29, 0.717) is 5.92 Å². The first-order chi connectivity index (χ1) is 7.80. The van der Waals surface area contributed by atoms with Crippen molar-refractivity contribution in [3.63, 3.8) is 0 Å². The highest BCUT2D eigenvalue weighted by Crippen LogP contribution is 2.09. The summed E-state index contributed by atoms with van der Waals surface area (Å²) in [7, 11) is 0. The molecule has 90 valence electrons. The summed E-state index contributed by atoms with van der Waals surface area (Å²) in [5, 5.41) is 0. The molecule has 2 nitrogen and oxygen atoms in total. The molecule has 0 bridgehead atoms. The van der Waals surface area contributed by atoms with E-state index in [1.807, 2.05) is 18.3 Å². The molecule has 0 aliphatic carbocycles. The van der Waals surface area contributed by atoms with E-state index in [1.54, 1.807) is 0 Å². The van der Waals surface area contributed by atoms with Gasteiger partial charge in [-0.25, -0.2) is 0 Å². The molecule has 1 aromatic heterocycles. The SMILES string of the molecule is CCC(CS)CN(CC)Cc1ccccn1. The maximum Gasteiger partial charge on any atom is 0.0543 e. The monoisotopic (exact) mass is 238 g/mol. The average molecular weight is 238 g/mol. The van der Waals surface area contributed by atoms with Gasteiger partial charge in [0.25, 0.3) is 0 Å². The molecule has 0 fully saturated rings. The standard InChI is InChI=1S/C13H22N2S/c1-3-12(11-16)9-15(4-2)10-13-7-5-6-8-14-13/h5-8,12,16H,3-4,9-11H2,1-2H3. The smallest absolute Gasteiger partial charge is 0.0543 e. The van der Waals surface area contributed by atoms with Crippen molar-refractivity contribution in [1.29, 1.82) is 0 Å². The molecule has 0 amide bonds. The zero-order valence-corrected chi connectivity index (χ0v) is 11.2. The van der Waals surface area contributed by atoms with Crippen LogP contribution in [0.2, 0.25) is 0 Å². The molecule has 0 saturated carbocycles. The van der Waals surface area contributed by atoms with E-state index in [4.69, 9.17) is 0 Å². The molecule has 3 heteroatoms. The molecule has 0 aliphatic heterocycles. The Bertz CT molecular complexity index is 273. The van der Waals surface area contributed by atoms with Crippen LogP contribution < -0.4 is 0 Å². The molecular formula is C13H22N2S. The predicted octanol–water partition coefficient (Wildman–Crippen LogP) is 2.86. The molecule has 0 N–H and O–H groups in total. The molecule has 0 radical (unpaired) electrons. The van der Waals surface area contributed by atoms with E-state index in [9.17, 15) is 0 Å². The molecule has 0 aromatic carbocycles. The van der Waals surface area contributed by atoms with E-state index < -0.39 is 0 Å². The van der Waals surface area contributed by atoms with Crippen LogP contribution in [-0.4, -0.2) is 28.7 Å². The summed E-state index contributed by atoms with van der Waals surface area (Å²) in [5.74, 6) is 1.65. The van der Waals surface area contributed by atoms with E-state index in [2.05, 4.69) is 42.4 Å². The fourth-order valence-corrected chi connectivity index (χ4v) is 2.08. The maximum absolute atomic E-state index is 4.39. The quantitative estimate of drug-likeness (QED) is 0.735. The zero-order chi connectivity index (χ0) is 11.8. The van der Waals surface area contributed by atoms with Crippen molar-refractivity contribution in [3.8, 4) is 0 Å². The molecule has 0 saturated heterocycles. The number of rotatable bonds is 7. The molecule has 0 aliphatic rings. The van der Waals surface area contributed by atoms with Crippen LogP contribution in [0.4, 0.5) is 0 Å². The summed E-state index contributed by atoms with van der Waals surface area (Å²) < 4.78 is 0. The van der Waals surface area contributed by atoms with Gasteiger partial charge in [0.2, 0.25) is 0 Å². The van der Waals surface area contributed by atoms with Gasteiger partial charge in [-0.3, -0.25) is 9.88 Å². The summed E-state index contributed by atoms with van der Waals surface area (Å²) in [6.45, 7) is 7.57. The minimum atomic E-state index is 0.687. The third kappa shape index (κ3) is 4.54. The second-order valence-electron chi connectivity index (χ2n) is 4.11. The third-order valence-corrected chi connectivity index (χ3v) is 3.43. The van der Waals surface area contributed by atoms with Crippen molar-refractivity contribution < 1.29 is 0 Å². The van der Waals surface area contributed by atoms with Gasteiger partial charge in [-0.05, 0) is 30.3 Å². The van der Waals surface area contributed by atoms with Gasteiger partial charge in [0, 0.05) is 19.3 Å². The Labute approximate surface area is 104 Å². The number of thiol groups is 1. The Morgan fingerprint density at radius 2 is 2.19 bits per heavy atom. The van der Waals surface area contributed by atoms with Crippen LogP contribution in [0, 0.1) is 5.92 Å². The molecule has 1 unspecified atom stereocenters. The van der Waals surface area contributed by atoms with Crippen molar-refractivity contribution in [1.82, 2.24) is 9.88 Å². The average Bonchev–Trinajstić information content (AvgIpc) is 2.35. The molecular weight excluding hydrogens is 216 g/mol. The first-order valence-corrected chi connectivity index (χ1v) is 6.66. The fourth-order valence-electron chi connectivity index (χ4n) is 1.71. The molecule has 16 heavy (non-hydrogen) atoms. The van der Waals surface area contributed by atoms with Crippen LogP contribution >= 0.6 is 12.6 Å². The lowest BCUT2D eigenvalue weighted by molar-refractivity contribution is 0.237. The van der Waals surface area contributed by atoms with Crippen molar-refractivity contribution in [2.75, 3.05) is 18.8 Å². The van der Waals surface area contributed by atoms with Crippen molar-refractivity contribution in [2.24, 2.45) is 5.92 Å². The minimum absolute atomic E-state index is 0.687.